The van der Waals surface area contributed by atoms with Crippen molar-refractivity contribution in [1.82, 2.24) is 0 Å². The van der Waals surface area contributed by atoms with Crippen LogP contribution in [0.3, 0.4) is 0 Å². The van der Waals surface area contributed by atoms with Crippen LogP contribution in [0.4, 0.5) is 0 Å². The zero-order chi connectivity index (χ0) is 9.94. The van der Waals surface area contributed by atoms with E-state index < -0.39 is 0 Å². The van der Waals surface area contributed by atoms with Gasteiger partial charge in [0.25, 0.3) is 0 Å². The Hall–Kier alpha value is -1.15. The largest absolute Gasteiger partial charge is 0.396 e. The first-order valence-corrected chi connectivity index (χ1v) is 4.46. The average molecular weight is 180 g/mol. The minimum atomic E-state index is 0.344. The fraction of sp³-hybridized carbons (Fsp3) is 0.364. The number of aldehydes is 1. The second-order valence-electron chi connectivity index (χ2n) is 2.61. The van der Waals surface area contributed by atoms with Gasteiger partial charge in [0.05, 0.1) is 0 Å². The van der Waals surface area contributed by atoms with Gasteiger partial charge in [0, 0.05) is 12.2 Å². The number of carbonyl (C=O) groups excluding carboxylic acids is 1. The molecule has 2 heteroatoms. The summed E-state index contributed by atoms with van der Waals surface area (Å²) in [6.45, 7) is 2.40. The van der Waals surface area contributed by atoms with E-state index >= 15 is 0 Å². The second-order valence-corrected chi connectivity index (χ2v) is 2.61. The Labute approximate surface area is 79.2 Å². The highest BCUT2D eigenvalue weighted by Gasteiger charge is 1.80. The molecule has 1 N–H and O–H groups in total. The number of benzene rings is 1. The van der Waals surface area contributed by atoms with Gasteiger partial charge in [-0.15, -0.1) is 0 Å². The monoisotopic (exact) mass is 180 g/mol. The average Bonchev–Trinajstić information content (AvgIpc) is 2.21. The molecule has 0 unspecified atom stereocenters. The molecule has 1 aromatic carbocycles. The summed E-state index contributed by atoms with van der Waals surface area (Å²) in [6, 6.07) is 9.10. The van der Waals surface area contributed by atoms with Crippen molar-refractivity contribution in [3.8, 4) is 0 Å². The zero-order valence-electron chi connectivity index (χ0n) is 7.94. The van der Waals surface area contributed by atoms with Gasteiger partial charge in [-0.3, -0.25) is 4.79 Å². The molecule has 0 aliphatic carbocycles. The Balaban J connectivity index is 0.000000252. The van der Waals surface area contributed by atoms with Crippen LogP contribution in [0.2, 0.25) is 0 Å². The zero-order valence-corrected chi connectivity index (χ0v) is 7.94. The number of rotatable bonds is 3. The summed E-state index contributed by atoms with van der Waals surface area (Å²) >= 11 is 0. The highest BCUT2D eigenvalue weighted by Crippen LogP contribution is 1.91. The smallest absolute Gasteiger partial charge is 0.150 e. The van der Waals surface area contributed by atoms with Crippen molar-refractivity contribution in [3.05, 3.63) is 35.9 Å². The Kier molecular flexibility index (Phi) is 8.15. The third-order valence-corrected chi connectivity index (χ3v) is 1.45. The first kappa shape index (κ1) is 11.8. The maximum atomic E-state index is 10.0. The summed E-state index contributed by atoms with van der Waals surface area (Å²) in [5.41, 5.74) is 0.729. The summed E-state index contributed by atoms with van der Waals surface area (Å²) in [4.78, 5) is 10.0. The van der Waals surface area contributed by atoms with Crippen LogP contribution in [0.1, 0.15) is 30.1 Å². The van der Waals surface area contributed by atoms with E-state index in [0.717, 1.165) is 24.7 Å². The molecule has 0 spiro atoms. The second kappa shape index (κ2) is 8.94. The normalized spacial score (nSPS) is 8.46. The molecule has 0 bridgehead atoms. The minimum absolute atomic E-state index is 0.344. The summed E-state index contributed by atoms with van der Waals surface area (Å²) in [5, 5.41) is 8.07. The van der Waals surface area contributed by atoms with Crippen LogP contribution in [0.5, 0.6) is 0 Å². The lowest BCUT2D eigenvalue weighted by molar-refractivity contribution is 0.112. The van der Waals surface area contributed by atoms with Crippen LogP contribution in [0, 0.1) is 0 Å². The van der Waals surface area contributed by atoms with Gasteiger partial charge in [-0.05, 0) is 6.42 Å². The lowest BCUT2D eigenvalue weighted by atomic mass is 10.2. The molecule has 72 valence electrons. The number of aliphatic hydroxyl groups is 1. The molecule has 0 radical (unpaired) electrons. The molecular weight excluding hydrogens is 164 g/mol. The van der Waals surface area contributed by atoms with Crippen molar-refractivity contribution in [2.24, 2.45) is 0 Å². The first-order chi connectivity index (χ1) is 6.35. The fourth-order valence-electron chi connectivity index (χ4n) is 0.690. The van der Waals surface area contributed by atoms with E-state index in [9.17, 15) is 4.79 Å². The lowest BCUT2D eigenvalue weighted by Crippen LogP contribution is -1.75. The summed E-state index contributed by atoms with van der Waals surface area (Å²) in [6.07, 6.45) is 2.87. The molecule has 0 aliphatic rings. The number of carbonyl (C=O) groups is 1. The standard InChI is InChI=1S/C7H6O.C4H10O/c8-6-7-4-2-1-3-5-7;1-2-3-4-5/h1-6H;5H,2-4H2,1H3. The molecule has 0 amide bonds. The Morgan fingerprint density at radius 2 is 1.92 bits per heavy atom. The Bertz CT molecular complexity index is 205. The van der Waals surface area contributed by atoms with Crippen LogP contribution in [0.15, 0.2) is 30.3 Å². The van der Waals surface area contributed by atoms with Gasteiger partial charge >= 0.3 is 0 Å². The van der Waals surface area contributed by atoms with E-state index in [1.165, 1.54) is 0 Å². The third kappa shape index (κ3) is 7.22. The number of hydrogen-bond donors (Lipinski definition) is 1. The molecule has 0 aromatic heterocycles. The molecule has 1 aromatic rings. The van der Waals surface area contributed by atoms with Crippen molar-refractivity contribution >= 4 is 6.29 Å². The van der Waals surface area contributed by atoms with E-state index in [0.29, 0.717) is 6.61 Å². The molecule has 2 nitrogen and oxygen atoms in total. The predicted molar refractivity (Wildman–Crippen MR) is 53.8 cm³/mol. The maximum absolute atomic E-state index is 10.0. The van der Waals surface area contributed by atoms with E-state index in [2.05, 4.69) is 6.92 Å². The van der Waals surface area contributed by atoms with Gasteiger partial charge < -0.3 is 5.11 Å². The summed E-state index contributed by atoms with van der Waals surface area (Å²) < 4.78 is 0. The molecular formula is C11H16O2. The van der Waals surface area contributed by atoms with Gasteiger partial charge in [0.1, 0.15) is 6.29 Å². The van der Waals surface area contributed by atoms with Crippen molar-refractivity contribution in [1.29, 1.82) is 0 Å². The van der Waals surface area contributed by atoms with Crippen molar-refractivity contribution in [3.63, 3.8) is 0 Å². The van der Waals surface area contributed by atoms with Crippen molar-refractivity contribution < 1.29 is 9.90 Å². The van der Waals surface area contributed by atoms with Crippen LogP contribution >= 0.6 is 0 Å². The Morgan fingerprint density at radius 1 is 1.31 bits per heavy atom. The first-order valence-electron chi connectivity index (χ1n) is 4.46. The summed E-state index contributed by atoms with van der Waals surface area (Å²) in [5.74, 6) is 0. The van der Waals surface area contributed by atoms with Crippen LogP contribution in [-0.2, 0) is 0 Å². The molecule has 0 saturated heterocycles. The number of unbranched alkanes of at least 4 members (excludes halogenated alkanes) is 1. The third-order valence-electron chi connectivity index (χ3n) is 1.45. The van der Waals surface area contributed by atoms with Gasteiger partial charge in [0.2, 0.25) is 0 Å². The quantitative estimate of drug-likeness (QED) is 0.724. The fourth-order valence-corrected chi connectivity index (χ4v) is 0.690. The minimum Gasteiger partial charge on any atom is -0.396 e. The molecule has 13 heavy (non-hydrogen) atoms. The van der Waals surface area contributed by atoms with Crippen molar-refractivity contribution in [2.45, 2.75) is 19.8 Å². The molecule has 0 heterocycles. The van der Waals surface area contributed by atoms with Crippen LogP contribution in [0.25, 0.3) is 0 Å². The Morgan fingerprint density at radius 3 is 2.15 bits per heavy atom. The van der Waals surface area contributed by atoms with Crippen molar-refractivity contribution in [2.75, 3.05) is 6.61 Å². The molecule has 0 atom stereocenters. The molecule has 1 rings (SSSR count). The molecule has 0 saturated carbocycles. The van der Waals surface area contributed by atoms with Gasteiger partial charge in [-0.1, -0.05) is 43.7 Å². The maximum Gasteiger partial charge on any atom is 0.150 e. The number of aliphatic hydroxyl groups excluding tert-OH is 1. The molecule has 0 fully saturated rings. The van der Waals surface area contributed by atoms with Gasteiger partial charge in [-0.2, -0.15) is 0 Å². The van der Waals surface area contributed by atoms with Crippen LogP contribution in [-0.4, -0.2) is 18.0 Å². The highest BCUT2D eigenvalue weighted by molar-refractivity contribution is 5.74. The van der Waals surface area contributed by atoms with E-state index in [1.807, 2.05) is 18.2 Å². The SMILES string of the molecule is CCCCO.O=Cc1ccccc1. The number of hydrogen-bond acceptors (Lipinski definition) is 2. The summed E-state index contributed by atoms with van der Waals surface area (Å²) in [7, 11) is 0. The van der Waals surface area contributed by atoms with E-state index in [-0.39, 0.29) is 0 Å². The van der Waals surface area contributed by atoms with E-state index in [4.69, 9.17) is 5.11 Å². The lowest BCUT2D eigenvalue weighted by Gasteiger charge is -1.81. The van der Waals surface area contributed by atoms with E-state index in [1.54, 1.807) is 12.1 Å². The van der Waals surface area contributed by atoms with Gasteiger partial charge in [0.15, 0.2) is 0 Å². The highest BCUT2D eigenvalue weighted by atomic mass is 16.2. The van der Waals surface area contributed by atoms with Crippen LogP contribution < -0.4 is 0 Å². The molecule has 0 aliphatic heterocycles. The van der Waals surface area contributed by atoms with Gasteiger partial charge in [-0.25, -0.2) is 0 Å². The topological polar surface area (TPSA) is 37.3 Å². The predicted octanol–water partition coefficient (Wildman–Crippen LogP) is 2.28.